The van der Waals surface area contributed by atoms with Gasteiger partial charge in [0.15, 0.2) is 0 Å². The van der Waals surface area contributed by atoms with Crippen LogP contribution in [-0.2, 0) is 4.89 Å². The van der Waals surface area contributed by atoms with Crippen LogP contribution in [0.15, 0.2) is 12.7 Å². The Hall–Kier alpha value is -0.340. The molecule has 0 amide bonds. The molecule has 0 radical (unpaired) electrons. The van der Waals surface area contributed by atoms with Crippen LogP contribution in [0.1, 0.15) is 84.0 Å². The molecule has 0 aliphatic heterocycles. The Bertz CT molecular complexity index is 385. The summed E-state index contributed by atoms with van der Waals surface area (Å²) in [6, 6.07) is 0. The lowest BCUT2D eigenvalue weighted by atomic mass is 9.60. The first-order valence-electron chi connectivity index (χ1n) is 10.7. The molecule has 0 aromatic heterocycles. The minimum Gasteiger partial charge on any atom is -0.251 e. The first kappa shape index (κ1) is 18.5. The Morgan fingerprint density at radius 2 is 1.50 bits per heavy atom. The van der Waals surface area contributed by atoms with E-state index in [0.717, 1.165) is 29.6 Å². The SMILES string of the molecule is C=CC(OO)C1CCC2CC(C3CCC(CCC)CC3)CCC2C1. The zero-order chi connectivity index (χ0) is 16.9. The molecule has 2 nitrogen and oxygen atoms in total. The predicted molar refractivity (Wildman–Crippen MR) is 99.7 cm³/mol. The van der Waals surface area contributed by atoms with Crippen LogP contribution >= 0.6 is 0 Å². The molecule has 0 heterocycles. The van der Waals surface area contributed by atoms with Gasteiger partial charge in [-0.2, -0.15) is 0 Å². The molecule has 3 aliphatic rings. The summed E-state index contributed by atoms with van der Waals surface area (Å²) in [5, 5.41) is 9.07. The summed E-state index contributed by atoms with van der Waals surface area (Å²) in [4.78, 5) is 4.65. The van der Waals surface area contributed by atoms with Gasteiger partial charge < -0.3 is 0 Å². The van der Waals surface area contributed by atoms with Crippen molar-refractivity contribution in [2.75, 3.05) is 0 Å². The Morgan fingerprint density at radius 1 is 0.917 bits per heavy atom. The molecule has 3 saturated carbocycles. The predicted octanol–water partition coefficient (Wildman–Crippen LogP) is 6.47. The molecular formula is C22H38O2. The van der Waals surface area contributed by atoms with Gasteiger partial charge in [0.05, 0.1) is 0 Å². The summed E-state index contributed by atoms with van der Waals surface area (Å²) in [5.41, 5.74) is 0. The Morgan fingerprint density at radius 3 is 2.12 bits per heavy atom. The maximum absolute atomic E-state index is 9.07. The molecule has 3 fully saturated rings. The van der Waals surface area contributed by atoms with Crippen molar-refractivity contribution in [2.45, 2.75) is 90.1 Å². The highest BCUT2D eigenvalue weighted by molar-refractivity contribution is 4.94. The maximum atomic E-state index is 9.07. The van der Waals surface area contributed by atoms with Gasteiger partial charge >= 0.3 is 0 Å². The molecule has 24 heavy (non-hydrogen) atoms. The van der Waals surface area contributed by atoms with Gasteiger partial charge in [0.1, 0.15) is 6.10 Å². The van der Waals surface area contributed by atoms with Gasteiger partial charge in [-0.3, -0.25) is 5.26 Å². The van der Waals surface area contributed by atoms with Crippen molar-refractivity contribution in [3.05, 3.63) is 12.7 Å². The zero-order valence-corrected chi connectivity index (χ0v) is 15.7. The third kappa shape index (κ3) is 4.25. The molecule has 0 aromatic carbocycles. The third-order valence-electron chi connectivity index (χ3n) is 7.77. The summed E-state index contributed by atoms with van der Waals surface area (Å²) in [6.07, 6.45) is 18.6. The first-order valence-corrected chi connectivity index (χ1v) is 10.7. The molecule has 5 atom stereocenters. The van der Waals surface area contributed by atoms with E-state index in [-0.39, 0.29) is 6.10 Å². The average molecular weight is 335 g/mol. The van der Waals surface area contributed by atoms with E-state index in [1.165, 1.54) is 77.0 Å². The van der Waals surface area contributed by atoms with E-state index in [1.54, 1.807) is 6.08 Å². The topological polar surface area (TPSA) is 29.5 Å². The molecule has 3 aliphatic carbocycles. The van der Waals surface area contributed by atoms with Crippen molar-refractivity contribution < 1.29 is 10.1 Å². The van der Waals surface area contributed by atoms with E-state index in [2.05, 4.69) is 18.4 Å². The molecule has 2 heteroatoms. The van der Waals surface area contributed by atoms with Crippen LogP contribution < -0.4 is 0 Å². The molecule has 0 bridgehead atoms. The van der Waals surface area contributed by atoms with Gasteiger partial charge in [-0.15, -0.1) is 6.58 Å². The Balaban J connectivity index is 1.47. The van der Waals surface area contributed by atoms with Gasteiger partial charge in [0, 0.05) is 0 Å². The second-order valence-electron chi connectivity index (χ2n) is 9.04. The second kappa shape index (κ2) is 8.85. The fourth-order valence-corrected chi connectivity index (χ4v) is 6.37. The highest BCUT2D eigenvalue weighted by Gasteiger charge is 2.40. The van der Waals surface area contributed by atoms with Crippen molar-refractivity contribution in [3.8, 4) is 0 Å². The molecule has 5 unspecified atom stereocenters. The fraction of sp³-hybridized carbons (Fsp3) is 0.909. The highest BCUT2D eigenvalue weighted by Crippen LogP contribution is 2.49. The number of hydrogen-bond donors (Lipinski definition) is 1. The monoisotopic (exact) mass is 334 g/mol. The standard InChI is InChI=1S/C22H38O2/c1-3-5-16-6-8-17(9-7-16)18-10-11-20-15-21(22(4-2)24-23)13-12-19(20)14-18/h4,16-23H,2-3,5-15H2,1H3. The number of fused-ring (bicyclic) bond motifs is 1. The van der Waals surface area contributed by atoms with Crippen LogP contribution in [0, 0.1) is 35.5 Å². The molecule has 0 aromatic rings. The van der Waals surface area contributed by atoms with E-state index in [1.807, 2.05) is 0 Å². The molecule has 0 saturated heterocycles. The smallest absolute Gasteiger partial charge is 0.113 e. The van der Waals surface area contributed by atoms with Gasteiger partial charge in [-0.1, -0.05) is 38.7 Å². The number of hydrogen-bond acceptors (Lipinski definition) is 2. The van der Waals surface area contributed by atoms with Crippen LogP contribution in [0.2, 0.25) is 0 Å². The third-order valence-corrected chi connectivity index (χ3v) is 7.77. The summed E-state index contributed by atoms with van der Waals surface area (Å²) in [5.74, 6) is 5.36. The maximum Gasteiger partial charge on any atom is 0.113 e. The molecule has 3 rings (SSSR count). The molecule has 1 N–H and O–H groups in total. The van der Waals surface area contributed by atoms with Crippen molar-refractivity contribution in [1.82, 2.24) is 0 Å². The van der Waals surface area contributed by atoms with Crippen LogP contribution in [-0.4, -0.2) is 11.4 Å². The van der Waals surface area contributed by atoms with Crippen LogP contribution in [0.4, 0.5) is 0 Å². The lowest BCUT2D eigenvalue weighted by molar-refractivity contribution is -0.280. The van der Waals surface area contributed by atoms with E-state index in [0.29, 0.717) is 5.92 Å². The van der Waals surface area contributed by atoms with Crippen molar-refractivity contribution in [1.29, 1.82) is 0 Å². The van der Waals surface area contributed by atoms with Crippen molar-refractivity contribution in [2.24, 2.45) is 35.5 Å². The lowest BCUT2D eigenvalue weighted by Gasteiger charge is -2.46. The van der Waals surface area contributed by atoms with Crippen LogP contribution in [0.25, 0.3) is 0 Å². The Labute approximate surface area is 149 Å². The van der Waals surface area contributed by atoms with E-state index >= 15 is 0 Å². The minimum absolute atomic E-state index is 0.155. The van der Waals surface area contributed by atoms with Crippen LogP contribution in [0.5, 0.6) is 0 Å². The average Bonchev–Trinajstić information content (AvgIpc) is 2.63. The fourth-order valence-electron chi connectivity index (χ4n) is 6.37. The summed E-state index contributed by atoms with van der Waals surface area (Å²) < 4.78 is 0. The van der Waals surface area contributed by atoms with Gasteiger partial charge in [-0.25, -0.2) is 4.89 Å². The summed E-state index contributed by atoms with van der Waals surface area (Å²) in [7, 11) is 0. The van der Waals surface area contributed by atoms with Crippen molar-refractivity contribution >= 4 is 0 Å². The number of rotatable bonds is 6. The lowest BCUT2D eigenvalue weighted by Crippen LogP contribution is -2.37. The molecular weight excluding hydrogens is 296 g/mol. The second-order valence-corrected chi connectivity index (χ2v) is 9.04. The summed E-state index contributed by atoms with van der Waals surface area (Å²) in [6.45, 7) is 6.15. The minimum atomic E-state index is -0.155. The zero-order valence-electron chi connectivity index (χ0n) is 15.7. The molecule has 138 valence electrons. The largest absolute Gasteiger partial charge is 0.251 e. The summed E-state index contributed by atoms with van der Waals surface area (Å²) >= 11 is 0. The van der Waals surface area contributed by atoms with Gasteiger partial charge in [0.2, 0.25) is 0 Å². The van der Waals surface area contributed by atoms with E-state index in [9.17, 15) is 0 Å². The van der Waals surface area contributed by atoms with Crippen molar-refractivity contribution in [3.63, 3.8) is 0 Å². The normalized spacial score (nSPS) is 41.4. The van der Waals surface area contributed by atoms with Gasteiger partial charge in [-0.05, 0) is 86.9 Å². The van der Waals surface area contributed by atoms with Crippen LogP contribution in [0.3, 0.4) is 0 Å². The highest BCUT2D eigenvalue weighted by atomic mass is 17.1. The van der Waals surface area contributed by atoms with E-state index in [4.69, 9.17) is 5.26 Å². The quantitative estimate of drug-likeness (QED) is 0.343. The van der Waals surface area contributed by atoms with Gasteiger partial charge in [0.25, 0.3) is 0 Å². The first-order chi connectivity index (χ1) is 11.7. The van der Waals surface area contributed by atoms with E-state index < -0.39 is 0 Å². The Kier molecular flexibility index (Phi) is 6.80. The molecule has 0 spiro atoms.